The van der Waals surface area contributed by atoms with Crippen molar-refractivity contribution in [2.75, 3.05) is 0 Å². The van der Waals surface area contributed by atoms with E-state index in [1.165, 1.54) is 47.9 Å². The van der Waals surface area contributed by atoms with Crippen molar-refractivity contribution in [3.8, 4) is 0 Å². The highest BCUT2D eigenvalue weighted by molar-refractivity contribution is 6.14. The summed E-state index contributed by atoms with van der Waals surface area (Å²) in [6.07, 6.45) is 4.94. The molecule has 0 aliphatic heterocycles. The molecule has 154 valence electrons. The van der Waals surface area contributed by atoms with E-state index in [0.717, 1.165) is 16.8 Å². The fourth-order valence-corrected chi connectivity index (χ4v) is 4.21. The molecule has 2 nitrogen and oxygen atoms in total. The maximum Gasteiger partial charge on any atom is 0.117 e. The molecule has 29 heavy (non-hydrogen) atoms. The number of hydrogen-bond donors (Lipinski definition) is 1. The van der Waals surface area contributed by atoms with E-state index in [-0.39, 0.29) is 10.8 Å². The highest BCUT2D eigenvalue weighted by Crippen LogP contribution is 2.46. The molecular formula is C27H35NO. The monoisotopic (exact) mass is 389 g/mol. The van der Waals surface area contributed by atoms with Gasteiger partial charge < -0.3 is 5.21 Å². The molecule has 0 radical (unpaired) electrons. The molecule has 2 saturated carbocycles. The number of hydrogen-bond acceptors (Lipinski definition) is 2. The Morgan fingerprint density at radius 3 is 1.38 bits per heavy atom. The Morgan fingerprint density at radius 2 is 1.10 bits per heavy atom. The van der Waals surface area contributed by atoms with Crippen LogP contribution in [0, 0.1) is 0 Å². The van der Waals surface area contributed by atoms with Crippen LogP contribution in [-0.2, 0) is 10.8 Å². The van der Waals surface area contributed by atoms with E-state index >= 15 is 0 Å². The van der Waals surface area contributed by atoms with Gasteiger partial charge >= 0.3 is 0 Å². The molecule has 2 aromatic carbocycles. The van der Waals surface area contributed by atoms with Gasteiger partial charge in [0.2, 0.25) is 0 Å². The molecule has 0 saturated heterocycles. The first-order valence-corrected chi connectivity index (χ1v) is 11.1. The van der Waals surface area contributed by atoms with Crippen LogP contribution < -0.4 is 0 Å². The summed E-state index contributed by atoms with van der Waals surface area (Å²) in [6, 6.07) is 13.5. The van der Waals surface area contributed by atoms with Crippen molar-refractivity contribution < 1.29 is 5.21 Å². The first kappa shape index (κ1) is 20.2. The molecular weight excluding hydrogens is 354 g/mol. The zero-order valence-electron chi connectivity index (χ0n) is 18.8. The minimum absolute atomic E-state index is 0.117. The largest absolute Gasteiger partial charge is 0.410 e. The van der Waals surface area contributed by atoms with Crippen LogP contribution in [0.1, 0.15) is 112 Å². The van der Waals surface area contributed by atoms with Gasteiger partial charge in [0.15, 0.2) is 0 Å². The van der Waals surface area contributed by atoms with Gasteiger partial charge in [-0.25, -0.2) is 0 Å². The van der Waals surface area contributed by atoms with Crippen molar-refractivity contribution in [3.63, 3.8) is 0 Å². The van der Waals surface area contributed by atoms with E-state index in [4.69, 9.17) is 0 Å². The van der Waals surface area contributed by atoms with Crippen LogP contribution in [0.5, 0.6) is 0 Å². The third-order valence-corrected chi connectivity index (χ3v) is 6.48. The van der Waals surface area contributed by atoms with E-state index in [1.54, 1.807) is 0 Å². The Kier molecular flexibility index (Phi) is 4.88. The Balaban J connectivity index is 1.83. The van der Waals surface area contributed by atoms with Gasteiger partial charge in [0.1, 0.15) is 5.71 Å². The predicted octanol–water partition coefficient (Wildman–Crippen LogP) is 7.26. The van der Waals surface area contributed by atoms with Crippen LogP contribution in [0.3, 0.4) is 0 Å². The average molecular weight is 390 g/mol. The van der Waals surface area contributed by atoms with Crippen LogP contribution in [0.4, 0.5) is 0 Å². The molecule has 0 unspecified atom stereocenters. The number of nitrogens with zero attached hydrogens (tertiary/aromatic N) is 1. The van der Waals surface area contributed by atoms with Crippen LogP contribution in [0.2, 0.25) is 0 Å². The van der Waals surface area contributed by atoms with Gasteiger partial charge in [-0.2, -0.15) is 0 Å². The van der Waals surface area contributed by atoms with Gasteiger partial charge in [-0.15, -0.1) is 0 Å². The van der Waals surface area contributed by atoms with Gasteiger partial charge in [0, 0.05) is 11.1 Å². The second-order valence-corrected chi connectivity index (χ2v) is 11.1. The summed E-state index contributed by atoms with van der Waals surface area (Å²) in [5.74, 6) is 1.20. The Hall–Kier alpha value is -2.09. The Morgan fingerprint density at radius 1 is 0.724 bits per heavy atom. The third-order valence-electron chi connectivity index (χ3n) is 6.48. The van der Waals surface area contributed by atoms with E-state index in [2.05, 4.69) is 83.1 Å². The van der Waals surface area contributed by atoms with Crippen molar-refractivity contribution in [2.24, 2.45) is 5.16 Å². The minimum Gasteiger partial charge on any atom is -0.410 e. The smallest absolute Gasteiger partial charge is 0.117 e. The van der Waals surface area contributed by atoms with Crippen LogP contribution in [0.25, 0.3) is 0 Å². The Labute approximate surface area is 176 Å². The summed E-state index contributed by atoms with van der Waals surface area (Å²) in [4.78, 5) is 0. The maximum absolute atomic E-state index is 10.1. The fourth-order valence-electron chi connectivity index (χ4n) is 4.21. The highest BCUT2D eigenvalue weighted by Gasteiger charge is 2.33. The van der Waals surface area contributed by atoms with Crippen molar-refractivity contribution in [3.05, 3.63) is 69.8 Å². The standard InChI is InChI=1S/C27H35NO/c1-26(2,3)19-11-13-21(23(15-19)17-7-8-17)25(28-29)22-14-12-20(27(4,5)6)16-24(22)18-9-10-18/h11-18,29H,7-10H2,1-6H3. The normalized spacial score (nSPS) is 17.3. The molecule has 0 atom stereocenters. The molecule has 0 amide bonds. The van der Waals surface area contributed by atoms with Crippen LogP contribution >= 0.6 is 0 Å². The SMILES string of the molecule is CC(C)(C)c1ccc(C(=NO)c2ccc(C(C)(C)C)cc2C2CC2)c(C2CC2)c1. The zero-order valence-corrected chi connectivity index (χ0v) is 18.8. The Bertz CT molecular complexity index is 872. The lowest BCUT2D eigenvalue weighted by Crippen LogP contribution is -2.16. The molecule has 2 fully saturated rings. The van der Waals surface area contributed by atoms with E-state index in [9.17, 15) is 5.21 Å². The highest BCUT2D eigenvalue weighted by atomic mass is 16.4. The maximum atomic E-state index is 10.1. The molecule has 2 aliphatic carbocycles. The zero-order chi connectivity index (χ0) is 21.0. The number of benzene rings is 2. The number of oxime groups is 1. The molecule has 2 aromatic rings. The first-order valence-electron chi connectivity index (χ1n) is 11.1. The van der Waals surface area contributed by atoms with Crippen molar-refractivity contribution >= 4 is 5.71 Å². The van der Waals surface area contributed by atoms with Crippen molar-refractivity contribution in [1.29, 1.82) is 0 Å². The second-order valence-electron chi connectivity index (χ2n) is 11.1. The van der Waals surface area contributed by atoms with E-state index < -0.39 is 0 Å². The molecule has 2 aliphatic rings. The summed E-state index contributed by atoms with van der Waals surface area (Å²) in [5.41, 5.74) is 8.60. The number of rotatable bonds is 4. The molecule has 2 heteroatoms. The minimum atomic E-state index is 0.117. The molecule has 0 spiro atoms. The van der Waals surface area contributed by atoms with Crippen LogP contribution in [0.15, 0.2) is 41.6 Å². The molecule has 4 rings (SSSR count). The van der Waals surface area contributed by atoms with Crippen molar-refractivity contribution in [2.45, 2.75) is 89.9 Å². The lowest BCUT2D eigenvalue weighted by Gasteiger charge is -2.24. The van der Waals surface area contributed by atoms with E-state index in [0.29, 0.717) is 11.8 Å². The topological polar surface area (TPSA) is 32.6 Å². The second kappa shape index (κ2) is 7.00. The quantitative estimate of drug-likeness (QED) is 0.333. The molecule has 0 aromatic heterocycles. The first-order chi connectivity index (χ1) is 13.6. The van der Waals surface area contributed by atoms with Crippen molar-refractivity contribution in [1.82, 2.24) is 0 Å². The average Bonchev–Trinajstić information content (AvgIpc) is 3.54. The van der Waals surface area contributed by atoms with Crippen LogP contribution in [-0.4, -0.2) is 10.9 Å². The summed E-state index contributed by atoms with van der Waals surface area (Å²) in [6.45, 7) is 13.6. The molecule has 0 bridgehead atoms. The molecule has 0 heterocycles. The van der Waals surface area contributed by atoms with Gasteiger partial charge in [-0.05, 0) is 70.6 Å². The summed E-state index contributed by atoms with van der Waals surface area (Å²) >= 11 is 0. The van der Waals surface area contributed by atoms with Gasteiger partial charge in [-0.3, -0.25) is 0 Å². The lowest BCUT2D eigenvalue weighted by molar-refractivity contribution is 0.319. The van der Waals surface area contributed by atoms with Gasteiger partial charge in [0.25, 0.3) is 0 Å². The third kappa shape index (κ3) is 4.13. The van der Waals surface area contributed by atoms with E-state index in [1.807, 2.05) is 0 Å². The predicted molar refractivity (Wildman–Crippen MR) is 122 cm³/mol. The lowest BCUT2D eigenvalue weighted by atomic mass is 9.81. The van der Waals surface area contributed by atoms with Gasteiger partial charge in [-0.1, -0.05) is 83.1 Å². The summed E-state index contributed by atoms with van der Waals surface area (Å²) in [7, 11) is 0. The fraction of sp³-hybridized carbons (Fsp3) is 0.519. The molecule has 1 N–H and O–H groups in total. The summed E-state index contributed by atoms with van der Waals surface area (Å²) in [5, 5.41) is 14.0. The summed E-state index contributed by atoms with van der Waals surface area (Å²) < 4.78 is 0. The van der Waals surface area contributed by atoms with Gasteiger partial charge in [0.05, 0.1) is 0 Å².